The second kappa shape index (κ2) is 11.8. The monoisotopic (exact) mass is 317 g/mol. The minimum atomic E-state index is 0.325. The summed E-state index contributed by atoms with van der Waals surface area (Å²) in [6, 6.07) is 0. The average molecular weight is 318 g/mol. The first-order valence-electron chi connectivity index (χ1n) is 8.31. The van der Waals surface area contributed by atoms with Gasteiger partial charge in [0.05, 0.1) is 0 Å². The molecule has 4 heteroatoms. The minimum Gasteiger partial charge on any atom is -0.334 e. The first kappa shape index (κ1) is 18.2. The first-order valence-corrected chi connectivity index (χ1v) is 10.3. The highest BCUT2D eigenvalue weighted by Crippen LogP contribution is 2.33. The smallest absolute Gasteiger partial charge is 0.281 e. The predicted octanol–water partition coefficient (Wildman–Crippen LogP) is 5.42. The maximum atomic E-state index is 12.3. The number of hydrogen-bond acceptors (Lipinski definition) is 3. The van der Waals surface area contributed by atoms with Gasteiger partial charge in [0.2, 0.25) is 0 Å². The molecule has 118 valence electrons. The lowest BCUT2D eigenvalue weighted by molar-refractivity contribution is 0.220. The zero-order valence-electron chi connectivity index (χ0n) is 13.2. The zero-order chi connectivity index (χ0) is 14.6. The van der Waals surface area contributed by atoms with Crippen molar-refractivity contribution >= 4 is 28.8 Å². The molecule has 0 bridgehead atoms. The molecule has 1 fully saturated rings. The Bertz CT molecular complexity index is 245. The molecule has 1 heterocycles. The van der Waals surface area contributed by atoms with E-state index in [1.807, 2.05) is 11.8 Å². The van der Waals surface area contributed by atoms with Crippen LogP contribution in [0.15, 0.2) is 0 Å². The SMILES string of the molecule is CCCCCCN(CCCCCC)C(=O)SCC1CS1. The van der Waals surface area contributed by atoms with Crippen molar-refractivity contribution in [3.8, 4) is 0 Å². The average Bonchev–Trinajstić information content (AvgIpc) is 3.27. The van der Waals surface area contributed by atoms with E-state index in [4.69, 9.17) is 0 Å². The third kappa shape index (κ3) is 9.17. The maximum Gasteiger partial charge on any atom is 0.281 e. The van der Waals surface area contributed by atoms with Crippen LogP contribution in [0.2, 0.25) is 0 Å². The van der Waals surface area contributed by atoms with Crippen LogP contribution in [0.5, 0.6) is 0 Å². The van der Waals surface area contributed by atoms with E-state index in [9.17, 15) is 4.79 Å². The van der Waals surface area contributed by atoms with Crippen molar-refractivity contribution in [1.29, 1.82) is 0 Å². The van der Waals surface area contributed by atoms with Gasteiger partial charge in [-0.1, -0.05) is 64.1 Å². The van der Waals surface area contributed by atoms with Crippen molar-refractivity contribution in [2.24, 2.45) is 0 Å². The summed E-state index contributed by atoms with van der Waals surface area (Å²) in [6.45, 7) is 6.40. The van der Waals surface area contributed by atoms with E-state index in [2.05, 4.69) is 18.7 Å². The number of thioether (sulfide) groups is 2. The van der Waals surface area contributed by atoms with Gasteiger partial charge in [-0.2, -0.15) is 11.8 Å². The van der Waals surface area contributed by atoms with Gasteiger partial charge in [-0.15, -0.1) is 0 Å². The molecule has 1 amide bonds. The Hall–Kier alpha value is 0.170. The number of rotatable bonds is 12. The minimum absolute atomic E-state index is 0.325. The van der Waals surface area contributed by atoms with Crippen LogP contribution in [-0.2, 0) is 0 Å². The first-order chi connectivity index (χ1) is 9.77. The van der Waals surface area contributed by atoms with Gasteiger partial charge in [0.15, 0.2) is 0 Å². The Morgan fingerprint density at radius 2 is 1.60 bits per heavy atom. The van der Waals surface area contributed by atoms with Crippen molar-refractivity contribution < 1.29 is 4.79 Å². The van der Waals surface area contributed by atoms with E-state index >= 15 is 0 Å². The normalized spacial score (nSPS) is 17.2. The number of amides is 1. The molecule has 1 rings (SSSR count). The molecular formula is C16H31NOS2. The van der Waals surface area contributed by atoms with Crippen LogP contribution in [-0.4, -0.2) is 40.0 Å². The fourth-order valence-corrected chi connectivity index (χ4v) is 3.98. The van der Waals surface area contributed by atoms with Gasteiger partial charge in [-0.25, -0.2) is 0 Å². The molecule has 1 unspecified atom stereocenters. The largest absolute Gasteiger partial charge is 0.334 e. The summed E-state index contributed by atoms with van der Waals surface area (Å²) in [5.74, 6) is 2.28. The highest BCUT2D eigenvalue weighted by molar-refractivity contribution is 8.15. The fourth-order valence-electron chi connectivity index (χ4n) is 2.17. The zero-order valence-corrected chi connectivity index (χ0v) is 14.9. The summed E-state index contributed by atoms with van der Waals surface area (Å²) in [7, 11) is 0. The lowest BCUT2D eigenvalue weighted by Gasteiger charge is -2.22. The predicted molar refractivity (Wildman–Crippen MR) is 94.0 cm³/mol. The van der Waals surface area contributed by atoms with Crippen molar-refractivity contribution in [2.45, 2.75) is 70.5 Å². The van der Waals surface area contributed by atoms with E-state index in [1.165, 1.54) is 57.1 Å². The van der Waals surface area contributed by atoms with E-state index in [-0.39, 0.29) is 0 Å². The second-order valence-electron chi connectivity index (χ2n) is 5.64. The van der Waals surface area contributed by atoms with Crippen LogP contribution in [0, 0.1) is 0 Å². The summed E-state index contributed by atoms with van der Waals surface area (Å²) in [5, 5.41) is 1.08. The molecule has 0 aromatic rings. The molecule has 0 radical (unpaired) electrons. The highest BCUT2D eigenvalue weighted by Gasteiger charge is 2.24. The van der Waals surface area contributed by atoms with E-state index in [0.29, 0.717) is 5.24 Å². The van der Waals surface area contributed by atoms with Crippen LogP contribution < -0.4 is 0 Å². The summed E-state index contributed by atoms with van der Waals surface area (Å²) in [5.41, 5.74) is 0. The van der Waals surface area contributed by atoms with Crippen molar-refractivity contribution in [2.75, 3.05) is 24.6 Å². The summed E-state index contributed by atoms with van der Waals surface area (Å²) in [4.78, 5) is 14.4. The van der Waals surface area contributed by atoms with Crippen molar-refractivity contribution in [1.82, 2.24) is 4.90 Å². The van der Waals surface area contributed by atoms with Crippen LogP contribution in [0.3, 0.4) is 0 Å². The number of nitrogens with zero attached hydrogens (tertiary/aromatic N) is 1. The number of hydrogen-bond donors (Lipinski definition) is 0. The molecule has 0 aliphatic carbocycles. The molecule has 1 atom stereocenters. The van der Waals surface area contributed by atoms with Crippen LogP contribution in [0.1, 0.15) is 65.2 Å². The van der Waals surface area contributed by atoms with Crippen LogP contribution in [0.4, 0.5) is 4.79 Å². The van der Waals surface area contributed by atoms with Crippen LogP contribution >= 0.6 is 23.5 Å². The van der Waals surface area contributed by atoms with Gasteiger partial charge in [-0.05, 0) is 12.8 Å². The molecule has 20 heavy (non-hydrogen) atoms. The van der Waals surface area contributed by atoms with E-state index in [1.54, 1.807) is 11.8 Å². The van der Waals surface area contributed by atoms with Crippen molar-refractivity contribution in [3.63, 3.8) is 0 Å². The highest BCUT2D eigenvalue weighted by atomic mass is 32.2. The van der Waals surface area contributed by atoms with Gasteiger partial charge >= 0.3 is 0 Å². The van der Waals surface area contributed by atoms with Crippen molar-refractivity contribution in [3.05, 3.63) is 0 Å². The Morgan fingerprint density at radius 1 is 1.05 bits per heavy atom. The molecule has 0 saturated carbocycles. The summed E-state index contributed by atoms with van der Waals surface area (Å²) >= 11 is 3.53. The number of carbonyl (C=O) groups excluding carboxylic acids is 1. The molecule has 0 aromatic carbocycles. The van der Waals surface area contributed by atoms with Crippen LogP contribution in [0.25, 0.3) is 0 Å². The lowest BCUT2D eigenvalue weighted by Crippen LogP contribution is -2.30. The number of unbranched alkanes of at least 4 members (excludes halogenated alkanes) is 6. The molecule has 0 N–H and O–H groups in total. The molecule has 1 saturated heterocycles. The standard InChI is InChI=1S/C16H31NOS2/c1-3-5-7-9-11-17(12-10-8-6-4-2)16(18)20-14-15-13-19-15/h15H,3-14H2,1-2H3. The third-order valence-electron chi connectivity index (χ3n) is 3.62. The Labute approximate surface area is 133 Å². The van der Waals surface area contributed by atoms with Gasteiger partial charge in [0.1, 0.15) is 0 Å². The summed E-state index contributed by atoms with van der Waals surface area (Å²) in [6.07, 6.45) is 9.98. The Morgan fingerprint density at radius 3 is 2.05 bits per heavy atom. The second-order valence-corrected chi connectivity index (χ2v) is 7.95. The van der Waals surface area contributed by atoms with E-state index < -0.39 is 0 Å². The lowest BCUT2D eigenvalue weighted by atomic mass is 10.2. The molecule has 2 nitrogen and oxygen atoms in total. The third-order valence-corrected chi connectivity index (χ3v) is 5.87. The molecule has 1 aliphatic heterocycles. The molecular weight excluding hydrogens is 286 g/mol. The topological polar surface area (TPSA) is 20.3 Å². The quantitative estimate of drug-likeness (QED) is 0.354. The maximum absolute atomic E-state index is 12.3. The van der Waals surface area contributed by atoms with Gasteiger partial charge < -0.3 is 4.90 Å². The number of carbonyl (C=O) groups is 1. The van der Waals surface area contributed by atoms with Gasteiger partial charge in [0, 0.05) is 29.8 Å². The van der Waals surface area contributed by atoms with Gasteiger partial charge in [0.25, 0.3) is 5.24 Å². The molecule has 0 spiro atoms. The Balaban J connectivity index is 2.21. The Kier molecular flexibility index (Phi) is 10.7. The molecule has 1 aliphatic rings. The van der Waals surface area contributed by atoms with E-state index in [0.717, 1.165) is 24.1 Å². The fraction of sp³-hybridized carbons (Fsp3) is 0.938. The van der Waals surface area contributed by atoms with Gasteiger partial charge in [-0.3, -0.25) is 4.79 Å². The summed E-state index contributed by atoms with van der Waals surface area (Å²) < 4.78 is 0. The molecule has 0 aromatic heterocycles.